The van der Waals surface area contributed by atoms with Crippen molar-refractivity contribution in [2.24, 2.45) is 5.73 Å². The highest BCUT2D eigenvalue weighted by molar-refractivity contribution is 6.31. The van der Waals surface area contributed by atoms with E-state index in [0.717, 1.165) is 24.3 Å². The van der Waals surface area contributed by atoms with Crippen LogP contribution in [0.3, 0.4) is 0 Å². The number of hydrogen-bond donors (Lipinski definition) is 1. The topological polar surface area (TPSA) is 69.4 Å². The molecule has 114 valence electrons. The second-order valence-electron chi connectivity index (χ2n) is 4.05. The number of primary amides is 1. The van der Waals surface area contributed by atoms with Crippen LogP contribution in [0.4, 0.5) is 13.2 Å². The van der Waals surface area contributed by atoms with E-state index >= 15 is 0 Å². The fourth-order valence-electron chi connectivity index (χ4n) is 1.30. The van der Waals surface area contributed by atoms with Gasteiger partial charge in [0.25, 0.3) is 5.91 Å². The Morgan fingerprint density at radius 1 is 1.38 bits per heavy atom. The molecule has 1 aromatic carbocycles. The number of esters is 1. The maximum atomic E-state index is 12.6. The van der Waals surface area contributed by atoms with Gasteiger partial charge in [0.1, 0.15) is 0 Å². The Morgan fingerprint density at radius 2 is 2.00 bits per heavy atom. The standard InChI is InChI=1S/C13H11ClF3NO3/c1-7(12(18)20)21-11(19)5-3-8-2-4-10(14)9(6-8)13(15,16)17/h2-7H,1H3,(H2,18,20)/b5-3+/t7-/m1/s1. The minimum absolute atomic E-state index is 0.107. The summed E-state index contributed by atoms with van der Waals surface area (Å²) in [4.78, 5) is 22.0. The molecule has 0 aromatic heterocycles. The van der Waals surface area contributed by atoms with Crippen molar-refractivity contribution >= 4 is 29.6 Å². The van der Waals surface area contributed by atoms with Gasteiger partial charge in [-0.3, -0.25) is 4.79 Å². The fraction of sp³-hybridized carbons (Fsp3) is 0.231. The highest BCUT2D eigenvalue weighted by Gasteiger charge is 2.33. The van der Waals surface area contributed by atoms with Crippen molar-refractivity contribution in [1.29, 1.82) is 0 Å². The molecular formula is C13H11ClF3NO3. The summed E-state index contributed by atoms with van der Waals surface area (Å²) >= 11 is 5.46. The lowest BCUT2D eigenvalue weighted by Gasteiger charge is -2.09. The number of benzene rings is 1. The molecule has 21 heavy (non-hydrogen) atoms. The molecule has 0 bridgehead atoms. The van der Waals surface area contributed by atoms with Gasteiger partial charge >= 0.3 is 12.1 Å². The van der Waals surface area contributed by atoms with Gasteiger partial charge in [0.2, 0.25) is 0 Å². The van der Waals surface area contributed by atoms with Gasteiger partial charge in [-0.25, -0.2) is 4.79 Å². The first-order valence-electron chi connectivity index (χ1n) is 5.66. The molecule has 1 amide bonds. The van der Waals surface area contributed by atoms with Crippen molar-refractivity contribution in [3.8, 4) is 0 Å². The van der Waals surface area contributed by atoms with E-state index in [2.05, 4.69) is 4.74 Å². The molecule has 0 saturated heterocycles. The molecule has 8 heteroatoms. The summed E-state index contributed by atoms with van der Waals surface area (Å²) in [5, 5.41) is -0.440. The van der Waals surface area contributed by atoms with Crippen molar-refractivity contribution in [2.45, 2.75) is 19.2 Å². The molecule has 2 N–H and O–H groups in total. The number of amides is 1. The van der Waals surface area contributed by atoms with Crippen LogP contribution in [0.5, 0.6) is 0 Å². The molecule has 0 aliphatic rings. The van der Waals surface area contributed by atoms with Crippen molar-refractivity contribution in [1.82, 2.24) is 0 Å². The second-order valence-corrected chi connectivity index (χ2v) is 4.46. The maximum absolute atomic E-state index is 12.6. The van der Waals surface area contributed by atoms with Crippen molar-refractivity contribution in [3.05, 3.63) is 40.4 Å². The molecule has 0 spiro atoms. The van der Waals surface area contributed by atoms with Crippen LogP contribution in [-0.2, 0) is 20.5 Å². The first-order valence-corrected chi connectivity index (χ1v) is 6.04. The van der Waals surface area contributed by atoms with Crippen LogP contribution in [0.2, 0.25) is 5.02 Å². The Labute approximate surface area is 123 Å². The summed E-state index contributed by atoms with van der Waals surface area (Å²) in [6, 6.07) is 3.17. The SMILES string of the molecule is C[C@@H](OC(=O)/C=C/c1ccc(Cl)c(C(F)(F)F)c1)C(N)=O. The molecule has 0 saturated carbocycles. The van der Waals surface area contributed by atoms with Gasteiger partial charge in [-0.2, -0.15) is 13.2 Å². The molecule has 4 nitrogen and oxygen atoms in total. The van der Waals surface area contributed by atoms with Gasteiger partial charge in [-0.1, -0.05) is 17.7 Å². The summed E-state index contributed by atoms with van der Waals surface area (Å²) in [5.74, 6) is -1.73. The number of halogens is 4. The van der Waals surface area contributed by atoms with Crippen LogP contribution in [0.25, 0.3) is 6.08 Å². The van der Waals surface area contributed by atoms with Gasteiger partial charge in [0.05, 0.1) is 10.6 Å². The van der Waals surface area contributed by atoms with E-state index in [-0.39, 0.29) is 5.56 Å². The predicted molar refractivity (Wildman–Crippen MR) is 70.2 cm³/mol. The first-order chi connectivity index (χ1) is 9.61. The number of alkyl halides is 3. The molecule has 0 unspecified atom stereocenters. The normalized spacial score (nSPS) is 13.2. The summed E-state index contributed by atoms with van der Waals surface area (Å²) in [7, 11) is 0. The van der Waals surface area contributed by atoms with E-state index in [9.17, 15) is 22.8 Å². The summed E-state index contributed by atoms with van der Waals surface area (Å²) < 4.78 is 42.5. The van der Waals surface area contributed by atoms with Gasteiger partial charge in [0, 0.05) is 6.08 Å². The molecule has 1 aromatic rings. The highest BCUT2D eigenvalue weighted by Crippen LogP contribution is 2.35. The maximum Gasteiger partial charge on any atom is 0.417 e. The zero-order valence-electron chi connectivity index (χ0n) is 10.8. The number of carbonyl (C=O) groups is 2. The number of carbonyl (C=O) groups excluding carboxylic acids is 2. The predicted octanol–water partition coefficient (Wildman–Crippen LogP) is 2.79. The van der Waals surface area contributed by atoms with Crippen LogP contribution >= 0.6 is 11.6 Å². The van der Waals surface area contributed by atoms with Crippen molar-refractivity contribution in [3.63, 3.8) is 0 Å². The van der Waals surface area contributed by atoms with Crippen LogP contribution in [0, 0.1) is 0 Å². The van der Waals surface area contributed by atoms with Gasteiger partial charge in [0.15, 0.2) is 6.10 Å². The third kappa shape index (κ3) is 5.11. The number of ether oxygens (including phenoxy) is 1. The lowest BCUT2D eigenvalue weighted by Crippen LogP contribution is -2.29. The van der Waals surface area contributed by atoms with Crippen LogP contribution < -0.4 is 5.73 Å². The quantitative estimate of drug-likeness (QED) is 0.685. The van der Waals surface area contributed by atoms with E-state index in [4.69, 9.17) is 17.3 Å². The average Bonchev–Trinajstić information content (AvgIpc) is 2.36. The van der Waals surface area contributed by atoms with Gasteiger partial charge < -0.3 is 10.5 Å². The minimum Gasteiger partial charge on any atom is -0.449 e. The Bertz CT molecular complexity index is 585. The lowest BCUT2D eigenvalue weighted by molar-refractivity contribution is -0.148. The molecule has 0 radical (unpaired) electrons. The molecule has 1 atom stereocenters. The number of nitrogens with two attached hydrogens (primary N) is 1. The first kappa shape index (κ1) is 17.0. The van der Waals surface area contributed by atoms with E-state index in [1.165, 1.54) is 13.0 Å². The molecule has 0 aliphatic heterocycles. The van der Waals surface area contributed by atoms with Gasteiger partial charge in [-0.15, -0.1) is 0 Å². The average molecular weight is 322 g/mol. The van der Waals surface area contributed by atoms with Crippen molar-refractivity contribution in [2.75, 3.05) is 0 Å². The number of rotatable bonds is 4. The van der Waals surface area contributed by atoms with E-state index in [1.54, 1.807) is 0 Å². The Morgan fingerprint density at radius 3 is 2.52 bits per heavy atom. The van der Waals surface area contributed by atoms with Crippen LogP contribution in [0.1, 0.15) is 18.1 Å². The summed E-state index contributed by atoms with van der Waals surface area (Å²) in [6.07, 6.45) is -3.72. The van der Waals surface area contributed by atoms with Crippen LogP contribution in [0.15, 0.2) is 24.3 Å². The molecule has 0 fully saturated rings. The largest absolute Gasteiger partial charge is 0.449 e. The minimum atomic E-state index is -4.60. The Balaban J connectivity index is 2.86. The zero-order chi connectivity index (χ0) is 16.2. The van der Waals surface area contributed by atoms with E-state index < -0.39 is 34.7 Å². The lowest BCUT2D eigenvalue weighted by atomic mass is 10.1. The molecule has 0 aliphatic carbocycles. The second kappa shape index (κ2) is 6.62. The third-order valence-corrected chi connectivity index (χ3v) is 2.73. The third-order valence-electron chi connectivity index (χ3n) is 2.40. The zero-order valence-corrected chi connectivity index (χ0v) is 11.5. The molecular weight excluding hydrogens is 311 g/mol. The fourth-order valence-corrected chi connectivity index (χ4v) is 1.52. The van der Waals surface area contributed by atoms with E-state index in [0.29, 0.717) is 0 Å². The monoisotopic (exact) mass is 321 g/mol. The Kier molecular flexibility index (Phi) is 5.37. The van der Waals surface area contributed by atoms with E-state index in [1.807, 2.05) is 0 Å². The highest BCUT2D eigenvalue weighted by atomic mass is 35.5. The smallest absolute Gasteiger partial charge is 0.417 e. The van der Waals surface area contributed by atoms with Gasteiger partial charge in [-0.05, 0) is 30.7 Å². The summed E-state index contributed by atoms with van der Waals surface area (Å²) in [6.45, 7) is 1.28. The molecule has 0 heterocycles. The number of hydrogen-bond acceptors (Lipinski definition) is 3. The summed E-state index contributed by atoms with van der Waals surface area (Å²) in [5.41, 5.74) is 3.99. The molecule has 1 rings (SSSR count). The Hall–Kier alpha value is -2.02. The van der Waals surface area contributed by atoms with Crippen molar-refractivity contribution < 1.29 is 27.5 Å². The van der Waals surface area contributed by atoms with Crippen LogP contribution in [-0.4, -0.2) is 18.0 Å².